The number of hydrogen-bond acceptors (Lipinski definition) is 4. The maximum absolute atomic E-state index is 12.1. The largest absolute Gasteiger partial charge is 0.454 e. The standard InChI is InChI=1S/C20H18N2O4/c23-17(16-7-3-5-13-4-1-2-6-15(13)16)11-21-20(24)22-14-8-9-18-19(10-14)26-12-25-18/h1-10,17,23H,11-12H2,(H2,21,22,24). The molecule has 0 aromatic heterocycles. The molecule has 1 aliphatic heterocycles. The van der Waals surface area contributed by atoms with Gasteiger partial charge in [0.15, 0.2) is 11.5 Å². The minimum Gasteiger partial charge on any atom is -0.454 e. The normalized spacial score (nSPS) is 13.4. The van der Waals surface area contributed by atoms with Crippen LogP contribution in [-0.4, -0.2) is 24.5 Å². The fourth-order valence-electron chi connectivity index (χ4n) is 2.99. The molecule has 3 aromatic rings. The quantitative estimate of drug-likeness (QED) is 0.673. The molecule has 0 bridgehead atoms. The van der Waals surface area contributed by atoms with E-state index in [2.05, 4.69) is 10.6 Å². The summed E-state index contributed by atoms with van der Waals surface area (Å²) >= 11 is 0. The summed E-state index contributed by atoms with van der Waals surface area (Å²) in [6.07, 6.45) is -0.802. The van der Waals surface area contributed by atoms with Crippen LogP contribution in [-0.2, 0) is 0 Å². The molecule has 1 unspecified atom stereocenters. The highest BCUT2D eigenvalue weighted by Crippen LogP contribution is 2.34. The van der Waals surface area contributed by atoms with Crippen LogP contribution in [0.25, 0.3) is 10.8 Å². The number of aliphatic hydroxyl groups is 1. The molecule has 0 spiro atoms. The molecule has 4 rings (SSSR count). The second-order valence-corrected chi connectivity index (χ2v) is 5.99. The Labute approximate surface area is 150 Å². The third-order valence-corrected chi connectivity index (χ3v) is 4.27. The summed E-state index contributed by atoms with van der Waals surface area (Å²) in [4.78, 5) is 12.1. The van der Waals surface area contributed by atoms with Crippen molar-refractivity contribution >= 4 is 22.5 Å². The number of benzene rings is 3. The SMILES string of the molecule is O=C(NCC(O)c1cccc2ccccc12)Nc1ccc2c(c1)OCO2. The van der Waals surface area contributed by atoms with Gasteiger partial charge in [-0.3, -0.25) is 0 Å². The summed E-state index contributed by atoms with van der Waals surface area (Å²) in [5, 5.41) is 17.9. The van der Waals surface area contributed by atoms with Crippen LogP contribution in [0.3, 0.4) is 0 Å². The van der Waals surface area contributed by atoms with E-state index in [1.165, 1.54) is 0 Å². The third-order valence-electron chi connectivity index (χ3n) is 4.27. The van der Waals surface area contributed by atoms with E-state index in [9.17, 15) is 9.90 Å². The van der Waals surface area contributed by atoms with E-state index in [1.807, 2.05) is 42.5 Å². The molecule has 26 heavy (non-hydrogen) atoms. The highest BCUT2D eigenvalue weighted by atomic mass is 16.7. The van der Waals surface area contributed by atoms with Crippen LogP contribution in [0.15, 0.2) is 60.7 Å². The Hall–Kier alpha value is -3.25. The second-order valence-electron chi connectivity index (χ2n) is 5.99. The molecule has 0 aliphatic carbocycles. The highest BCUT2D eigenvalue weighted by molar-refractivity contribution is 5.90. The summed E-state index contributed by atoms with van der Waals surface area (Å²) in [5.41, 5.74) is 1.37. The average molecular weight is 350 g/mol. The number of aliphatic hydroxyl groups excluding tert-OH is 1. The lowest BCUT2D eigenvalue weighted by Gasteiger charge is -2.15. The minimum absolute atomic E-state index is 0.102. The van der Waals surface area contributed by atoms with Crippen LogP contribution < -0.4 is 20.1 Å². The van der Waals surface area contributed by atoms with Crippen molar-refractivity contribution in [2.45, 2.75) is 6.10 Å². The van der Waals surface area contributed by atoms with Gasteiger partial charge in [-0.25, -0.2) is 4.79 Å². The molecule has 1 heterocycles. The van der Waals surface area contributed by atoms with Gasteiger partial charge in [0.05, 0.1) is 6.10 Å². The van der Waals surface area contributed by atoms with E-state index in [0.29, 0.717) is 17.2 Å². The molecule has 0 radical (unpaired) electrons. The summed E-state index contributed by atoms with van der Waals surface area (Å²) < 4.78 is 10.5. The van der Waals surface area contributed by atoms with Gasteiger partial charge in [-0.2, -0.15) is 0 Å². The molecule has 0 saturated carbocycles. The Morgan fingerprint density at radius 2 is 1.85 bits per heavy atom. The lowest BCUT2D eigenvalue weighted by atomic mass is 10.0. The zero-order chi connectivity index (χ0) is 17.9. The average Bonchev–Trinajstić information content (AvgIpc) is 3.13. The van der Waals surface area contributed by atoms with Crippen molar-refractivity contribution in [2.24, 2.45) is 0 Å². The van der Waals surface area contributed by atoms with Crippen LogP contribution in [0.5, 0.6) is 11.5 Å². The molecule has 1 atom stereocenters. The highest BCUT2D eigenvalue weighted by Gasteiger charge is 2.15. The first-order valence-electron chi connectivity index (χ1n) is 8.31. The van der Waals surface area contributed by atoms with Gasteiger partial charge >= 0.3 is 6.03 Å². The van der Waals surface area contributed by atoms with Gasteiger partial charge in [0, 0.05) is 18.3 Å². The zero-order valence-electron chi connectivity index (χ0n) is 13.9. The van der Waals surface area contributed by atoms with Crippen molar-refractivity contribution in [1.29, 1.82) is 0 Å². The Balaban J connectivity index is 1.39. The van der Waals surface area contributed by atoms with E-state index in [-0.39, 0.29) is 13.3 Å². The number of carbonyl (C=O) groups is 1. The predicted octanol–water partition coefficient (Wildman–Crippen LogP) is 3.42. The monoisotopic (exact) mass is 350 g/mol. The second kappa shape index (κ2) is 6.93. The van der Waals surface area contributed by atoms with Crippen LogP contribution in [0.1, 0.15) is 11.7 Å². The number of anilines is 1. The molecule has 6 nitrogen and oxygen atoms in total. The molecule has 3 N–H and O–H groups in total. The number of urea groups is 1. The number of amides is 2. The molecule has 1 aliphatic rings. The fraction of sp³-hybridized carbons (Fsp3) is 0.150. The fourth-order valence-corrected chi connectivity index (χ4v) is 2.99. The molecule has 2 amide bonds. The smallest absolute Gasteiger partial charge is 0.319 e. The van der Waals surface area contributed by atoms with Gasteiger partial charge in [-0.15, -0.1) is 0 Å². The van der Waals surface area contributed by atoms with Gasteiger partial charge in [-0.1, -0.05) is 42.5 Å². The molecular formula is C20H18N2O4. The van der Waals surface area contributed by atoms with Gasteiger partial charge in [0.2, 0.25) is 6.79 Å². The van der Waals surface area contributed by atoms with Crippen LogP contribution >= 0.6 is 0 Å². The van der Waals surface area contributed by atoms with Crippen molar-refractivity contribution in [3.63, 3.8) is 0 Å². The van der Waals surface area contributed by atoms with E-state index in [1.54, 1.807) is 18.2 Å². The Morgan fingerprint density at radius 1 is 1.04 bits per heavy atom. The number of ether oxygens (including phenoxy) is 2. The maximum Gasteiger partial charge on any atom is 0.319 e. The molecule has 132 valence electrons. The van der Waals surface area contributed by atoms with E-state index in [0.717, 1.165) is 16.3 Å². The van der Waals surface area contributed by atoms with Crippen molar-refractivity contribution in [1.82, 2.24) is 5.32 Å². The number of fused-ring (bicyclic) bond motifs is 2. The summed E-state index contributed by atoms with van der Waals surface area (Å²) in [6, 6.07) is 18.4. The van der Waals surface area contributed by atoms with Crippen molar-refractivity contribution < 1.29 is 19.4 Å². The molecular weight excluding hydrogens is 332 g/mol. The Bertz CT molecular complexity index is 952. The minimum atomic E-state index is -0.802. The summed E-state index contributed by atoms with van der Waals surface area (Å²) in [6.45, 7) is 0.284. The van der Waals surface area contributed by atoms with E-state index < -0.39 is 12.1 Å². The number of nitrogens with one attached hydrogen (secondary N) is 2. The number of carbonyl (C=O) groups excluding carboxylic acids is 1. The van der Waals surface area contributed by atoms with Gasteiger partial charge < -0.3 is 25.2 Å². The first-order valence-corrected chi connectivity index (χ1v) is 8.31. The lowest BCUT2D eigenvalue weighted by molar-refractivity contribution is 0.174. The van der Waals surface area contributed by atoms with Crippen LogP contribution in [0.2, 0.25) is 0 Å². The maximum atomic E-state index is 12.1. The zero-order valence-corrected chi connectivity index (χ0v) is 13.9. The Morgan fingerprint density at radius 3 is 2.77 bits per heavy atom. The Kier molecular flexibility index (Phi) is 4.33. The number of hydrogen-bond donors (Lipinski definition) is 3. The van der Waals surface area contributed by atoms with Crippen molar-refractivity contribution in [3.8, 4) is 11.5 Å². The first kappa shape index (κ1) is 16.2. The van der Waals surface area contributed by atoms with E-state index >= 15 is 0 Å². The number of rotatable bonds is 4. The third kappa shape index (κ3) is 3.27. The van der Waals surface area contributed by atoms with Crippen molar-refractivity contribution in [3.05, 3.63) is 66.2 Å². The molecule has 0 fully saturated rings. The summed E-state index contributed by atoms with van der Waals surface area (Å²) in [5.74, 6) is 1.25. The van der Waals surface area contributed by atoms with Gasteiger partial charge in [0.25, 0.3) is 0 Å². The topological polar surface area (TPSA) is 79.8 Å². The van der Waals surface area contributed by atoms with Crippen molar-refractivity contribution in [2.75, 3.05) is 18.7 Å². The van der Waals surface area contributed by atoms with Gasteiger partial charge in [0.1, 0.15) is 0 Å². The van der Waals surface area contributed by atoms with Crippen LogP contribution in [0, 0.1) is 0 Å². The van der Waals surface area contributed by atoms with E-state index in [4.69, 9.17) is 9.47 Å². The lowest BCUT2D eigenvalue weighted by Crippen LogP contribution is -2.32. The van der Waals surface area contributed by atoms with Gasteiger partial charge in [-0.05, 0) is 28.5 Å². The predicted molar refractivity (Wildman–Crippen MR) is 98.5 cm³/mol. The molecule has 6 heteroatoms. The molecule has 3 aromatic carbocycles. The molecule has 0 saturated heterocycles. The van der Waals surface area contributed by atoms with Crippen LogP contribution in [0.4, 0.5) is 10.5 Å². The summed E-state index contributed by atoms with van der Waals surface area (Å²) in [7, 11) is 0. The first-order chi connectivity index (χ1) is 12.7.